The van der Waals surface area contributed by atoms with E-state index in [-0.39, 0.29) is 10.5 Å². The van der Waals surface area contributed by atoms with E-state index in [2.05, 4.69) is 15.6 Å². The van der Waals surface area contributed by atoms with Gasteiger partial charge < -0.3 is 0 Å². The lowest BCUT2D eigenvalue weighted by Gasteiger charge is -2.10. The lowest BCUT2D eigenvalue weighted by atomic mass is 10.2. The Hall–Kier alpha value is -3.17. The standard InChI is InChI=1S/C19H17N3O4S2/c1-13-5-2-7-15(11-13)22-28(25,26)16-8-3-6-14(12-16)18(23)20-21-19(24)17-9-4-10-27-17/h2-12,22H,1H3,(H,20,23)(H,21,24). The van der Waals surface area contributed by atoms with Crippen molar-refractivity contribution in [3.63, 3.8) is 0 Å². The number of anilines is 1. The molecule has 1 heterocycles. The number of thiophene rings is 1. The van der Waals surface area contributed by atoms with E-state index in [0.29, 0.717) is 10.6 Å². The van der Waals surface area contributed by atoms with Gasteiger partial charge in [-0.3, -0.25) is 25.2 Å². The third-order valence-electron chi connectivity index (χ3n) is 3.71. The van der Waals surface area contributed by atoms with E-state index in [9.17, 15) is 18.0 Å². The summed E-state index contributed by atoms with van der Waals surface area (Å²) in [5.74, 6) is -1.08. The van der Waals surface area contributed by atoms with E-state index in [4.69, 9.17) is 0 Å². The minimum atomic E-state index is -3.87. The minimum absolute atomic E-state index is 0.0637. The van der Waals surface area contributed by atoms with Gasteiger partial charge >= 0.3 is 0 Å². The van der Waals surface area contributed by atoms with Crippen molar-refractivity contribution in [2.75, 3.05) is 4.72 Å². The predicted molar refractivity (Wildman–Crippen MR) is 108 cm³/mol. The van der Waals surface area contributed by atoms with Gasteiger partial charge in [0.2, 0.25) is 0 Å². The van der Waals surface area contributed by atoms with Gasteiger partial charge in [-0.1, -0.05) is 24.3 Å². The van der Waals surface area contributed by atoms with Crippen molar-refractivity contribution < 1.29 is 18.0 Å². The van der Waals surface area contributed by atoms with Crippen LogP contribution >= 0.6 is 11.3 Å². The Bertz CT molecular complexity index is 1110. The number of benzene rings is 2. The van der Waals surface area contributed by atoms with Crippen LogP contribution in [0.25, 0.3) is 0 Å². The van der Waals surface area contributed by atoms with Crippen molar-refractivity contribution in [3.8, 4) is 0 Å². The van der Waals surface area contributed by atoms with Crippen molar-refractivity contribution in [1.29, 1.82) is 0 Å². The van der Waals surface area contributed by atoms with Gasteiger partial charge in [-0.25, -0.2) is 8.42 Å². The molecule has 0 atom stereocenters. The fourth-order valence-electron chi connectivity index (χ4n) is 2.38. The number of aryl methyl sites for hydroxylation is 1. The fraction of sp³-hybridized carbons (Fsp3) is 0.0526. The molecule has 0 aliphatic rings. The fourth-order valence-corrected chi connectivity index (χ4v) is 4.10. The van der Waals surface area contributed by atoms with Gasteiger partial charge in [0.1, 0.15) is 0 Å². The molecular formula is C19H17N3O4S2. The Morgan fingerprint density at radius 1 is 0.893 bits per heavy atom. The summed E-state index contributed by atoms with van der Waals surface area (Å²) in [6.45, 7) is 1.85. The summed E-state index contributed by atoms with van der Waals surface area (Å²) >= 11 is 1.24. The summed E-state index contributed by atoms with van der Waals surface area (Å²) in [6, 6.07) is 15.8. The van der Waals surface area contributed by atoms with Crippen LogP contribution in [0, 0.1) is 6.92 Å². The molecule has 0 aliphatic carbocycles. The summed E-state index contributed by atoms with van der Waals surface area (Å²) < 4.78 is 27.7. The highest BCUT2D eigenvalue weighted by atomic mass is 32.2. The Balaban J connectivity index is 1.72. The van der Waals surface area contributed by atoms with Crippen LogP contribution in [0.3, 0.4) is 0 Å². The van der Waals surface area contributed by atoms with Gasteiger partial charge in [0.15, 0.2) is 0 Å². The average Bonchev–Trinajstić information content (AvgIpc) is 3.20. The van der Waals surface area contributed by atoms with Crippen LogP contribution in [0.5, 0.6) is 0 Å². The van der Waals surface area contributed by atoms with E-state index in [0.717, 1.165) is 5.56 Å². The maximum absolute atomic E-state index is 12.6. The Morgan fingerprint density at radius 3 is 2.36 bits per heavy atom. The molecule has 2 aromatic carbocycles. The lowest BCUT2D eigenvalue weighted by Crippen LogP contribution is -2.41. The summed E-state index contributed by atoms with van der Waals surface area (Å²) in [7, 11) is -3.87. The zero-order valence-corrected chi connectivity index (χ0v) is 16.4. The minimum Gasteiger partial charge on any atom is -0.280 e. The molecule has 0 saturated heterocycles. The molecule has 144 valence electrons. The summed E-state index contributed by atoms with van der Waals surface area (Å²) in [4.78, 5) is 24.5. The van der Waals surface area contributed by atoms with Crippen LogP contribution in [0.2, 0.25) is 0 Å². The number of carbonyl (C=O) groups is 2. The maximum atomic E-state index is 12.6. The second-order valence-electron chi connectivity index (χ2n) is 5.89. The van der Waals surface area contributed by atoms with Crippen molar-refractivity contribution in [1.82, 2.24) is 10.9 Å². The number of hydrogen-bond acceptors (Lipinski definition) is 5. The zero-order chi connectivity index (χ0) is 20.1. The highest BCUT2D eigenvalue weighted by molar-refractivity contribution is 7.92. The number of rotatable bonds is 5. The molecule has 0 bridgehead atoms. The van der Waals surface area contributed by atoms with Gasteiger partial charge in [0.25, 0.3) is 21.8 Å². The van der Waals surface area contributed by atoms with Crippen LogP contribution in [0.1, 0.15) is 25.6 Å². The van der Waals surface area contributed by atoms with E-state index < -0.39 is 21.8 Å². The van der Waals surface area contributed by atoms with Crippen LogP contribution in [-0.4, -0.2) is 20.2 Å². The van der Waals surface area contributed by atoms with Crippen molar-refractivity contribution in [3.05, 3.63) is 82.0 Å². The average molecular weight is 415 g/mol. The number of sulfonamides is 1. The number of hydrazine groups is 1. The Morgan fingerprint density at radius 2 is 1.64 bits per heavy atom. The van der Waals surface area contributed by atoms with Crippen molar-refractivity contribution in [2.45, 2.75) is 11.8 Å². The first-order chi connectivity index (χ1) is 13.3. The Kier molecular flexibility index (Phi) is 5.76. The first-order valence-corrected chi connectivity index (χ1v) is 10.6. The van der Waals surface area contributed by atoms with E-state index in [1.807, 2.05) is 13.0 Å². The molecule has 28 heavy (non-hydrogen) atoms. The zero-order valence-electron chi connectivity index (χ0n) is 14.8. The molecule has 2 amide bonds. The second kappa shape index (κ2) is 8.24. The van der Waals surface area contributed by atoms with Gasteiger partial charge in [-0.05, 0) is 54.3 Å². The molecule has 0 radical (unpaired) electrons. The first-order valence-electron chi connectivity index (χ1n) is 8.19. The van der Waals surface area contributed by atoms with Crippen molar-refractivity contribution >= 4 is 38.9 Å². The molecule has 9 heteroatoms. The number of hydrogen-bond donors (Lipinski definition) is 3. The molecule has 0 unspecified atom stereocenters. The molecule has 0 aliphatic heterocycles. The maximum Gasteiger partial charge on any atom is 0.279 e. The normalized spacial score (nSPS) is 10.9. The molecular weight excluding hydrogens is 398 g/mol. The Labute approximate surface area is 166 Å². The van der Waals surface area contributed by atoms with Gasteiger partial charge in [-0.2, -0.15) is 0 Å². The molecule has 0 saturated carbocycles. The van der Waals surface area contributed by atoms with E-state index in [1.165, 1.54) is 35.6 Å². The molecule has 3 rings (SSSR count). The molecule has 0 spiro atoms. The van der Waals surface area contributed by atoms with E-state index in [1.54, 1.807) is 35.7 Å². The first kappa shape index (κ1) is 19.6. The lowest BCUT2D eigenvalue weighted by molar-refractivity contribution is 0.0849. The molecule has 7 nitrogen and oxygen atoms in total. The SMILES string of the molecule is Cc1cccc(NS(=O)(=O)c2cccc(C(=O)NNC(=O)c3cccs3)c2)c1. The molecule has 3 N–H and O–H groups in total. The molecule has 3 aromatic rings. The van der Waals surface area contributed by atoms with Crippen LogP contribution in [-0.2, 0) is 10.0 Å². The second-order valence-corrected chi connectivity index (χ2v) is 8.52. The summed E-state index contributed by atoms with van der Waals surface area (Å²) in [5.41, 5.74) is 6.01. The third kappa shape index (κ3) is 4.76. The quantitative estimate of drug-likeness (QED) is 0.557. The smallest absolute Gasteiger partial charge is 0.279 e. The molecule has 1 aromatic heterocycles. The summed E-state index contributed by atoms with van der Waals surface area (Å²) in [5, 5.41) is 1.74. The summed E-state index contributed by atoms with van der Waals surface area (Å²) in [6.07, 6.45) is 0. The monoisotopic (exact) mass is 415 g/mol. The predicted octanol–water partition coefficient (Wildman–Crippen LogP) is 2.93. The van der Waals surface area contributed by atoms with Crippen LogP contribution in [0.15, 0.2) is 70.9 Å². The van der Waals surface area contributed by atoms with Crippen molar-refractivity contribution in [2.24, 2.45) is 0 Å². The topological polar surface area (TPSA) is 104 Å². The number of amides is 2. The van der Waals surface area contributed by atoms with Crippen LogP contribution in [0.4, 0.5) is 5.69 Å². The highest BCUT2D eigenvalue weighted by Crippen LogP contribution is 2.18. The largest absolute Gasteiger partial charge is 0.280 e. The van der Waals surface area contributed by atoms with Crippen LogP contribution < -0.4 is 15.6 Å². The highest BCUT2D eigenvalue weighted by Gasteiger charge is 2.17. The van der Waals surface area contributed by atoms with Gasteiger partial charge in [0.05, 0.1) is 9.77 Å². The number of nitrogens with one attached hydrogen (secondary N) is 3. The molecule has 0 fully saturated rings. The number of carbonyl (C=O) groups excluding carboxylic acids is 2. The van der Waals surface area contributed by atoms with Gasteiger partial charge in [0, 0.05) is 11.3 Å². The van der Waals surface area contributed by atoms with Gasteiger partial charge in [-0.15, -0.1) is 11.3 Å². The van der Waals surface area contributed by atoms with E-state index >= 15 is 0 Å². The third-order valence-corrected chi connectivity index (χ3v) is 5.96.